The number of nitrogens with zero attached hydrogens (tertiary/aromatic N) is 1. The molecule has 0 aliphatic carbocycles. The van der Waals surface area contributed by atoms with Crippen molar-refractivity contribution in [2.75, 3.05) is 5.32 Å². The third-order valence-electron chi connectivity index (χ3n) is 3.69. The SMILES string of the molecule is CC[C@@H](Nc1cc(C)c(C)cn1)c1ccc(Cl)c(C)c1. The molecule has 0 radical (unpaired) electrons. The lowest BCUT2D eigenvalue weighted by molar-refractivity contribution is 0.743. The van der Waals surface area contributed by atoms with Crippen molar-refractivity contribution in [3.8, 4) is 0 Å². The van der Waals surface area contributed by atoms with E-state index >= 15 is 0 Å². The average molecular weight is 289 g/mol. The summed E-state index contributed by atoms with van der Waals surface area (Å²) >= 11 is 6.09. The van der Waals surface area contributed by atoms with E-state index in [4.69, 9.17) is 11.6 Å². The van der Waals surface area contributed by atoms with Gasteiger partial charge in [-0.05, 0) is 61.6 Å². The quantitative estimate of drug-likeness (QED) is 0.834. The van der Waals surface area contributed by atoms with Gasteiger partial charge in [-0.25, -0.2) is 4.98 Å². The third-order valence-corrected chi connectivity index (χ3v) is 4.11. The summed E-state index contributed by atoms with van der Waals surface area (Å²) in [5, 5.41) is 4.32. The van der Waals surface area contributed by atoms with Crippen molar-refractivity contribution in [2.24, 2.45) is 0 Å². The first-order chi connectivity index (χ1) is 9.51. The monoisotopic (exact) mass is 288 g/mol. The molecular weight excluding hydrogens is 268 g/mol. The highest BCUT2D eigenvalue weighted by molar-refractivity contribution is 6.31. The molecule has 0 aliphatic rings. The highest BCUT2D eigenvalue weighted by Crippen LogP contribution is 2.26. The molecule has 1 aromatic heterocycles. The van der Waals surface area contributed by atoms with Crippen LogP contribution in [0, 0.1) is 20.8 Å². The standard InChI is InChI=1S/C17H21ClN2/c1-5-16(14-6-7-15(18)12(3)8-14)20-17-9-11(2)13(4)10-19-17/h6-10,16H,5H2,1-4H3,(H,19,20)/t16-/m1/s1. The number of aryl methyl sites for hydroxylation is 3. The van der Waals surface area contributed by atoms with E-state index in [-0.39, 0.29) is 6.04 Å². The first kappa shape index (κ1) is 14.9. The Morgan fingerprint density at radius 3 is 2.45 bits per heavy atom. The molecule has 2 aromatic rings. The fourth-order valence-electron chi connectivity index (χ4n) is 2.19. The van der Waals surface area contributed by atoms with Crippen molar-refractivity contribution in [3.05, 3.63) is 57.7 Å². The van der Waals surface area contributed by atoms with Crippen LogP contribution in [0.1, 0.15) is 41.6 Å². The average Bonchev–Trinajstić information content (AvgIpc) is 2.43. The molecule has 0 bridgehead atoms. The fourth-order valence-corrected chi connectivity index (χ4v) is 2.31. The van der Waals surface area contributed by atoms with Gasteiger partial charge in [-0.3, -0.25) is 0 Å². The molecule has 0 saturated heterocycles. The lowest BCUT2D eigenvalue weighted by atomic mass is 10.0. The summed E-state index contributed by atoms with van der Waals surface area (Å²) in [6.45, 7) is 8.39. The van der Waals surface area contributed by atoms with Crippen LogP contribution in [0.3, 0.4) is 0 Å². The number of rotatable bonds is 4. The van der Waals surface area contributed by atoms with E-state index in [1.54, 1.807) is 0 Å². The molecular formula is C17H21ClN2. The van der Waals surface area contributed by atoms with Crippen LogP contribution in [0.5, 0.6) is 0 Å². The van der Waals surface area contributed by atoms with E-state index in [0.717, 1.165) is 22.8 Å². The Bertz CT molecular complexity index is 608. The summed E-state index contributed by atoms with van der Waals surface area (Å²) < 4.78 is 0. The summed E-state index contributed by atoms with van der Waals surface area (Å²) in [7, 11) is 0. The van der Waals surface area contributed by atoms with Gasteiger partial charge in [-0.2, -0.15) is 0 Å². The molecule has 3 heteroatoms. The Labute approximate surface area is 126 Å². The minimum absolute atomic E-state index is 0.251. The summed E-state index contributed by atoms with van der Waals surface area (Å²) in [6, 6.07) is 8.54. The lowest BCUT2D eigenvalue weighted by Gasteiger charge is -2.19. The van der Waals surface area contributed by atoms with Crippen molar-refractivity contribution in [1.82, 2.24) is 4.98 Å². The molecule has 1 aromatic carbocycles. The number of nitrogens with one attached hydrogen (secondary N) is 1. The zero-order valence-electron chi connectivity index (χ0n) is 12.5. The van der Waals surface area contributed by atoms with Crippen molar-refractivity contribution < 1.29 is 0 Å². The van der Waals surface area contributed by atoms with Gasteiger partial charge in [0.05, 0.1) is 6.04 Å². The molecule has 0 spiro atoms. The minimum Gasteiger partial charge on any atom is -0.363 e. The van der Waals surface area contributed by atoms with E-state index in [1.807, 2.05) is 19.2 Å². The predicted octanol–water partition coefficient (Wildman–Crippen LogP) is 5.22. The zero-order chi connectivity index (χ0) is 14.7. The number of anilines is 1. The molecule has 0 unspecified atom stereocenters. The second kappa shape index (κ2) is 6.27. The Kier molecular flexibility index (Phi) is 4.66. The topological polar surface area (TPSA) is 24.9 Å². The van der Waals surface area contributed by atoms with E-state index in [9.17, 15) is 0 Å². The van der Waals surface area contributed by atoms with Crippen LogP contribution in [-0.2, 0) is 0 Å². The minimum atomic E-state index is 0.251. The molecule has 0 aliphatic heterocycles. The van der Waals surface area contributed by atoms with E-state index in [2.05, 4.69) is 49.3 Å². The van der Waals surface area contributed by atoms with Gasteiger partial charge in [0.2, 0.25) is 0 Å². The maximum Gasteiger partial charge on any atom is 0.126 e. The van der Waals surface area contributed by atoms with Gasteiger partial charge in [0, 0.05) is 11.2 Å². The number of aromatic nitrogens is 1. The predicted molar refractivity (Wildman–Crippen MR) is 86.6 cm³/mol. The first-order valence-corrected chi connectivity index (χ1v) is 7.35. The van der Waals surface area contributed by atoms with Gasteiger partial charge in [0.25, 0.3) is 0 Å². The maximum atomic E-state index is 6.09. The van der Waals surface area contributed by atoms with E-state index in [0.29, 0.717) is 0 Å². The maximum absolute atomic E-state index is 6.09. The highest BCUT2D eigenvalue weighted by Gasteiger charge is 2.11. The Balaban J connectivity index is 2.23. The Morgan fingerprint density at radius 2 is 1.85 bits per heavy atom. The molecule has 1 heterocycles. The summed E-state index contributed by atoms with van der Waals surface area (Å²) in [5.41, 5.74) is 4.82. The van der Waals surface area contributed by atoms with Crippen LogP contribution in [0.2, 0.25) is 5.02 Å². The molecule has 106 valence electrons. The van der Waals surface area contributed by atoms with E-state index < -0.39 is 0 Å². The molecule has 0 fully saturated rings. The second-order valence-electron chi connectivity index (χ2n) is 5.27. The first-order valence-electron chi connectivity index (χ1n) is 6.97. The van der Waals surface area contributed by atoms with Crippen molar-refractivity contribution in [3.63, 3.8) is 0 Å². The third kappa shape index (κ3) is 3.31. The summed E-state index contributed by atoms with van der Waals surface area (Å²) in [6.07, 6.45) is 2.91. The van der Waals surface area contributed by atoms with Crippen LogP contribution in [0.15, 0.2) is 30.5 Å². The summed E-state index contributed by atoms with van der Waals surface area (Å²) in [5.74, 6) is 0.924. The molecule has 2 nitrogen and oxygen atoms in total. The number of hydrogen-bond acceptors (Lipinski definition) is 2. The molecule has 0 amide bonds. The Morgan fingerprint density at radius 1 is 1.10 bits per heavy atom. The fraction of sp³-hybridized carbons (Fsp3) is 0.353. The second-order valence-corrected chi connectivity index (χ2v) is 5.67. The van der Waals surface area contributed by atoms with Gasteiger partial charge < -0.3 is 5.32 Å². The van der Waals surface area contributed by atoms with Crippen LogP contribution in [0.25, 0.3) is 0 Å². The van der Waals surface area contributed by atoms with Gasteiger partial charge in [0.1, 0.15) is 5.82 Å². The van der Waals surface area contributed by atoms with Crippen LogP contribution in [0.4, 0.5) is 5.82 Å². The van der Waals surface area contributed by atoms with Gasteiger partial charge in [-0.1, -0.05) is 30.7 Å². The zero-order valence-corrected chi connectivity index (χ0v) is 13.3. The number of pyridine rings is 1. The van der Waals surface area contributed by atoms with Crippen LogP contribution < -0.4 is 5.32 Å². The van der Waals surface area contributed by atoms with Crippen molar-refractivity contribution in [1.29, 1.82) is 0 Å². The Hall–Kier alpha value is -1.54. The number of benzene rings is 1. The van der Waals surface area contributed by atoms with E-state index in [1.165, 1.54) is 16.7 Å². The molecule has 2 rings (SSSR count). The smallest absolute Gasteiger partial charge is 0.126 e. The molecule has 20 heavy (non-hydrogen) atoms. The number of hydrogen-bond donors (Lipinski definition) is 1. The van der Waals surface area contributed by atoms with Gasteiger partial charge >= 0.3 is 0 Å². The van der Waals surface area contributed by atoms with Crippen molar-refractivity contribution in [2.45, 2.75) is 40.2 Å². The highest BCUT2D eigenvalue weighted by atomic mass is 35.5. The summed E-state index contributed by atoms with van der Waals surface area (Å²) in [4.78, 5) is 4.46. The molecule has 1 N–H and O–H groups in total. The van der Waals surface area contributed by atoms with Gasteiger partial charge in [-0.15, -0.1) is 0 Å². The number of halogens is 1. The normalized spacial score (nSPS) is 12.2. The van der Waals surface area contributed by atoms with Gasteiger partial charge in [0.15, 0.2) is 0 Å². The lowest BCUT2D eigenvalue weighted by Crippen LogP contribution is -2.11. The molecule has 1 atom stereocenters. The largest absolute Gasteiger partial charge is 0.363 e. The van der Waals surface area contributed by atoms with Crippen molar-refractivity contribution >= 4 is 17.4 Å². The van der Waals surface area contributed by atoms with Crippen LogP contribution >= 0.6 is 11.6 Å². The molecule has 0 saturated carbocycles. The van der Waals surface area contributed by atoms with Crippen LogP contribution in [-0.4, -0.2) is 4.98 Å².